The van der Waals surface area contributed by atoms with Crippen LogP contribution in [-0.4, -0.2) is 11.5 Å². The van der Waals surface area contributed by atoms with E-state index in [-0.39, 0.29) is 0 Å². The van der Waals surface area contributed by atoms with Gasteiger partial charge in [0.25, 0.3) is 0 Å². The van der Waals surface area contributed by atoms with Crippen molar-refractivity contribution in [1.82, 2.24) is 10.3 Å². The highest BCUT2D eigenvalue weighted by molar-refractivity contribution is 5.38. The van der Waals surface area contributed by atoms with Crippen LogP contribution in [0.1, 0.15) is 49.4 Å². The molecule has 21 heavy (non-hydrogen) atoms. The summed E-state index contributed by atoms with van der Waals surface area (Å²) in [6, 6.07) is 13.6. The lowest BCUT2D eigenvalue weighted by Gasteiger charge is -2.37. The summed E-state index contributed by atoms with van der Waals surface area (Å²) in [5, 5.41) is 3.74. The molecule has 2 nitrogen and oxygen atoms in total. The van der Waals surface area contributed by atoms with Gasteiger partial charge in [0.2, 0.25) is 0 Å². The Bertz CT molecular complexity index is 590. The summed E-state index contributed by atoms with van der Waals surface area (Å²) >= 11 is 0. The smallest absolute Gasteiger partial charge is 0.0323 e. The maximum atomic E-state index is 4.18. The van der Waals surface area contributed by atoms with Crippen LogP contribution in [0, 0.1) is 0 Å². The van der Waals surface area contributed by atoms with E-state index < -0.39 is 0 Å². The van der Waals surface area contributed by atoms with Gasteiger partial charge in [0, 0.05) is 18.4 Å². The average molecular weight is 280 g/mol. The highest BCUT2D eigenvalue weighted by Crippen LogP contribution is 2.41. The van der Waals surface area contributed by atoms with E-state index in [4.69, 9.17) is 0 Å². The largest absolute Gasteiger partial charge is 0.310 e. The van der Waals surface area contributed by atoms with E-state index in [0.29, 0.717) is 11.5 Å². The fourth-order valence-electron chi connectivity index (χ4n) is 3.36. The molecule has 2 heteroatoms. The van der Waals surface area contributed by atoms with Gasteiger partial charge in [-0.15, -0.1) is 0 Å². The van der Waals surface area contributed by atoms with E-state index >= 15 is 0 Å². The fourth-order valence-corrected chi connectivity index (χ4v) is 3.36. The maximum absolute atomic E-state index is 4.18. The van der Waals surface area contributed by atoms with Crippen LogP contribution >= 0.6 is 0 Å². The van der Waals surface area contributed by atoms with Gasteiger partial charge in [0.05, 0.1) is 0 Å². The summed E-state index contributed by atoms with van der Waals surface area (Å²) in [5.41, 5.74) is 4.60. The van der Waals surface area contributed by atoms with E-state index in [0.717, 1.165) is 13.0 Å². The zero-order chi connectivity index (χ0) is 14.7. The third-order valence-electron chi connectivity index (χ3n) is 4.65. The number of nitrogens with one attached hydrogen (secondary N) is 1. The molecule has 0 spiro atoms. The van der Waals surface area contributed by atoms with E-state index in [1.54, 1.807) is 0 Å². The van der Waals surface area contributed by atoms with Crippen molar-refractivity contribution >= 4 is 0 Å². The SMILES string of the molecule is CC1(C)CCC(NCCc2cccnc2)c2ccccc21. The van der Waals surface area contributed by atoms with Gasteiger partial charge in [0.1, 0.15) is 0 Å². The van der Waals surface area contributed by atoms with Crippen LogP contribution in [0.4, 0.5) is 0 Å². The van der Waals surface area contributed by atoms with Crippen molar-refractivity contribution < 1.29 is 0 Å². The molecule has 1 aromatic carbocycles. The Hall–Kier alpha value is -1.67. The summed E-state index contributed by atoms with van der Waals surface area (Å²) in [7, 11) is 0. The summed E-state index contributed by atoms with van der Waals surface area (Å²) in [4.78, 5) is 4.18. The summed E-state index contributed by atoms with van der Waals surface area (Å²) in [6.07, 6.45) is 7.29. The number of aromatic nitrogens is 1. The molecule has 0 saturated heterocycles. The molecule has 3 rings (SSSR count). The number of pyridine rings is 1. The van der Waals surface area contributed by atoms with Crippen LogP contribution < -0.4 is 5.32 Å². The van der Waals surface area contributed by atoms with Crippen LogP contribution in [0.5, 0.6) is 0 Å². The molecule has 1 aliphatic carbocycles. The standard InChI is InChI=1S/C19H24N2/c1-19(2)11-9-18(16-7-3-4-8-17(16)19)21-13-10-15-6-5-12-20-14-15/h3-8,12,14,18,21H,9-11,13H2,1-2H3. The summed E-state index contributed by atoms with van der Waals surface area (Å²) in [5.74, 6) is 0. The topological polar surface area (TPSA) is 24.9 Å². The van der Waals surface area contributed by atoms with Crippen molar-refractivity contribution in [3.05, 3.63) is 65.5 Å². The Morgan fingerprint density at radius 2 is 2.05 bits per heavy atom. The zero-order valence-corrected chi connectivity index (χ0v) is 13.0. The predicted octanol–water partition coefficient (Wildman–Crippen LogP) is 4.03. The first kappa shape index (κ1) is 14.3. The summed E-state index contributed by atoms with van der Waals surface area (Å²) in [6.45, 7) is 5.72. The average Bonchev–Trinajstić information content (AvgIpc) is 2.51. The molecule has 0 radical (unpaired) electrons. The Kier molecular flexibility index (Phi) is 4.07. The van der Waals surface area contributed by atoms with Gasteiger partial charge in [-0.1, -0.05) is 44.2 Å². The van der Waals surface area contributed by atoms with Crippen LogP contribution in [0.25, 0.3) is 0 Å². The van der Waals surface area contributed by atoms with Crippen LogP contribution in [0.2, 0.25) is 0 Å². The normalized spacial score (nSPS) is 20.0. The second-order valence-corrected chi connectivity index (χ2v) is 6.63. The Morgan fingerprint density at radius 3 is 2.86 bits per heavy atom. The minimum atomic E-state index is 0.304. The first-order valence-corrected chi connectivity index (χ1v) is 7.88. The lowest BCUT2D eigenvalue weighted by atomic mass is 9.71. The molecule has 0 bridgehead atoms. The van der Waals surface area contributed by atoms with Crippen molar-refractivity contribution in [3.8, 4) is 0 Å². The third kappa shape index (κ3) is 3.16. The van der Waals surface area contributed by atoms with Crippen molar-refractivity contribution in [1.29, 1.82) is 0 Å². The second-order valence-electron chi connectivity index (χ2n) is 6.63. The van der Waals surface area contributed by atoms with Crippen LogP contribution in [0.3, 0.4) is 0 Å². The van der Waals surface area contributed by atoms with Crippen molar-refractivity contribution in [3.63, 3.8) is 0 Å². The van der Waals surface area contributed by atoms with Gasteiger partial charge in [-0.25, -0.2) is 0 Å². The molecule has 1 heterocycles. The second kappa shape index (κ2) is 5.98. The molecule has 1 aliphatic rings. The molecule has 1 unspecified atom stereocenters. The molecule has 1 atom stereocenters. The van der Waals surface area contributed by atoms with Crippen LogP contribution in [-0.2, 0) is 11.8 Å². The first-order valence-electron chi connectivity index (χ1n) is 7.88. The predicted molar refractivity (Wildman–Crippen MR) is 87.4 cm³/mol. The van der Waals surface area contributed by atoms with Gasteiger partial charge in [0.15, 0.2) is 0 Å². The van der Waals surface area contributed by atoms with Gasteiger partial charge in [-0.3, -0.25) is 4.98 Å². The van der Waals surface area contributed by atoms with Gasteiger partial charge in [-0.2, -0.15) is 0 Å². The molecule has 0 amide bonds. The van der Waals surface area contributed by atoms with Gasteiger partial charge >= 0.3 is 0 Å². The van der Waals surface area contributed by atoms with Gasteiger partial charge < -0.3 is 5.32 Å². The first-order chi connectivity index (χ1) is 10.2. The molecule has 1 aromatic heterocycles. The molecular weight excluding hydrogens is 256 g/mol. The molecular formula is C19H24N2. The lowest BCUT2D eigenvalue weighted by Crippen LogP contribution is -2.33. The maximum Gasteiger partial charge on any atom is 0.0323 e. The molecule has 0 saturated carbocycles. The monoisotopic (exact) mass is 280 g/mol. The third-order valence-corrected chi connectivity index (χ3v) is 4.65. The summed E-state index contributed by atoms with van der Waals surface area (Å²) < 4.78 is 0. The minimum Gasteiger partial charge on any atom is -0.310 e. The molecule has 0 aliphatic heterocycles. The quantitative estimate of drug-likeness (QED) is 0.914. The number of nitrogens with zero attached hydrogens (tertiary/aromatic N) is 1. The fraction of sp³-hybridized carbons (Fsp3) is 0.421. The highest BCUT2D eigenvalue weighted by Gasteiger charge is 2.31. The Balaban J connectivity index is 1.67. The Labute approximate surface area is 127 Å². The van der Waals surface area contributed by atoms with E-state index in [9.17, 15) is 0 Å². The Morgan fingerprint density at radius 1 is 1.19 bits per heavy atom. The lowest BCUT2D eigenvalue weighted by molar-refractivity contribution is 0.359. The van der Waals surface area contributed by atoms with E-state index in [1.165, 1.54) is 29.5 Å². The van der Waals surface area contributed by atoms with E-state index in [1.807, 2.05) is 18.5 Å². The van der Waals surface area contributed by atoms with E-state index in [2.05, 4.69) is 54.5 Å². The van der Waals surface area contributed by atoms with Crippen molar-refractivity contribution in [2.45, 2.75) is 44.6 Å². The van der Waals surface area contributed by atoms with Crippen LogP contribution in [0.15, 0.2) is 48.8 Å². The molecule has 2 aromatic rings. The molecule has 1 N–H and O–H groups in total. The molecule has 0 fully saturated rings. The van der Waals surface area contributed by atoms with Crippen molar-refractivity contribution in [2.75, 3.05) is 6.54 Å². The number of benzene rings is 1. The highest BCUT2D eigenvalue weighted by atomic mass is 14.9. The zero-order valence-electron chi connectivity index (χ0n) is 13.0. The number of hydrogen-bond acceptors (Lipinski definition) is 2. The number of rotatable bonds is 4. The number of hydrogen-bond donors (Lipinski definition) is 1. The minimum absolute atomic E-state index is 0.304. The van der Waals surface area contributed by atoms with Crippen molar-refractivity contribution in [2.24, 2.45) is 0 Å². The number of fused-ring (bicyclic) bond motifs is 1. The molecule has 110 valence electrons. The van der Waals surface area contributed by atoms with Gasteiger partial charge in [-0.05, 0) is 54.0 Å².